The Balaban J connectivity index is 1.52. The van der Waals surface area contributed by atoms with E-state index in [2.05, 4.69) is 15.6 Å². The van der Waals surface area contributed by atoms with Crippen molar-refractivity contribution in [1.29, 1.82) is 0 Å². The van der Waals surface area contributed by atoms with Gasteiger partial charge in [0, 0.05) is 34.6 Å². The summed E-state index contributed by atoms with van der Waals surface area (Å²) in [5, 5.41) is 5.90. The Labute approximate surface area is 172 Å². The van der Waals surface area contributed by atoms with Gasteiger partial charge in [-0.2, -0.15) is 0 Å². The van der Waals surface area contributed by atoms with Crippen molar-refractivity contribution in [3.63, 3.8) is 0 Å². The monoisotopic (exact) mass is 407 g/mol. The number of ether oxygens (including phenoxy) is 1. The lowest BCUT2D eigenvalue weighted by Crippen LogP contribution is -2.25. The predicted octanol–water partition coefficient (Wildman–Crippen LogP) is 4.27. The summed E-state index contributed by atoms with van der Waals surface area (Å²) in [7, 11) is 1.61. The summed E-state index contributed by atoms with van der Waals surface area (Å²) in [6.45, 7) is 1.90. The van der Waals surface area contributed by atoms with Gasteiger partial charge in [-0.15, -0.1) is 11.3 Å². The highest BCUT2D eigenvalue weighted by molar-refractivity contribution is 7.17. The van der Waals surface area contributed by atoms with Gasteiger partial charge >= 0.3 is 0 Å². The maximum Gasteiger partial charge on any atom is 0.265 e. The van der Waals surface area contributed by atoms with E-state index in [-0.39, 0.29) is 17.9 Å². The molecule has 1 aliphatic carbocycles. The van der Waals surface area contributed by atoms with Gasteiger partial charge in [0.15, 0.2) is 0 Å². The summed E-state index contributed by atoms with van der Waals surface area (Å²) in [5.74, 6) is 0.385. The van der Waals surface area contributed by atoms with Crippen molar-refractivity contribution in [2.45, 2.75) is 25.8 Å². The molecule has 1 saturated carbocycles. The second-order valence-corrected chi connectivity index (χ2v) is 8.06. The number of pyridine rings is 1. The number of thiophene rings is 1. The second kappa shape index (κ2) is 8.05. The third-order valence-electron chi connectivity index (χ3n) is 4.76. The van der Waals surface area contributed by atoms with Crippen LogP contribution in [-0.4, -0.2) is 29.9 Å². The van der Waals surface area contributed by atoms with Crippen molar-refractivity contribution >= 4 is 28.8 Å². The molecule has 29 heavy (non-hydrogen) atoms. The van der Waals surface area contributed by atoms with E-state index in [1.165, 1.54) is 11.3 Å². The first-order valence-corrected chi connectivity index (χ1v) is 10.2. The average Bonchev–Trinajstić information content (AvgIpc) is 3.40. The van der Waals surface area contributed by atoms with E-state index < -0.39 is 0 Å². The number of anilines is 1. The number of hydrogen-bond donors (Lipinski definition) is 2. The van der Waals surface area contributed by atoms with Crippen LogP contribution in [0.1, 0.15) is 38.4 Å². The van der Waals surface area contributed by atoms with Crippen LogP contribution in [0.5, 0.6) is 5.75 Å². The largest absolute Gasteiger partial charge is 0.496 e. The molecule has 0 saturated heterocycles. The molecular formula is C22H21N3O3S. The van der Waals surface area contributed by atoms with E-state index in [0.717, 1.165) is 28.8 Å². The van der Waals surface area contributed by atoms with Gasteiger partial charge in [-0.05, 0) is 55.7 Å². The van der Waals surface area contributed by atoms with Crippen LogP contribution in [0, 0.1) is 6.92 Å². The van der Waals surface area contributed by atoms with Crippen LogP contribution in [0.15, 0.2) is 48.8 Å². The fourth-order valence-electron chi connectivity index (χ4n) is 2.93. The Bertz CT molecular complexity index is 1070. The van der Waals surface area contributed by atoms with Crippen LogP contribution in [0.25, 0.3) is 10.4 Å². The van der Waals surface area contributed by atoms with Gasteiger partial charge < -0.3 is 15.4 Å². The third-order valence-corrected chi connectivity index (χ3v) is 5.87. The topological polar surface area (TPSA) is 80.3 Å². The number of hydrogen-bond acceptors (Lipinski definition) is 5. The number of rotatable bonds is 6. The van der Waals surface area contributed by atoms with Gasteiger partial charge in [0.05, 0.1) is 17.6 Å². The Kier molecular flexibility index (Phi) is 5.31. The highest BCUT2D eigenvalue weighted by Crippen LogP contribution is 2.34. The van der Waals surface area contributed by atoms with Crippen LogP contribution >= 0.6 is 11.3 Å². The molecule has 0 radical (unpaired) electrons. The number of carbonyl (C=O) groups is 2. The normalized spacial score (nSPS) is 13.0. The number of nitrogens with zero attached hydrogens (tertiary/aromatic N) is 1. The van der Waals surface area contributed by atoms with Crippen LogP contribution in [0.2, 0.25) is 0 Å². The summed E-state index contributed by atoms with van der Waals surface area (Å²) in [6, 6.07) is 11.1. The third kappa shape index (κ3) is 4.30. The molecule has 1 aliphatic rings. The smallest absolute Gasteiger partial charge is 0.265 e. The molecule has 0 aliphatic heterocycles. The Morgan fingerprint density at radius 1 is 1.14 bits per heavy atom. The van der Waals surface area contributed by atoms with Gasteiger partial charge in [-0.3, -0.25) is 14.6 Å². The number of amides is 2. The quantitative estimate of drug-likeness (QED) is 0.639. The summed E-state index contributed by atoms with van der Waals surface area (Å²) >= 11 is 1.36. The first kappa shape index (κ1) is 19.1. The fourth-order valence-corrected chi connectivity index (χ4v) is 3.84. The Hall–Kier alpha value is -3.19. The minimum Gasteiger partial charge on any atom is -0.496 e. The van der Waals surface area contributed by atoms with Crippen molar-refractivity contribution in [2.75, 3.05) is 12.4 Å². The number of methoxy groups -OCH3 is 1. The van der Waals surface area contributed by atoms with Crippen LogP contribution in [0.4, 0.5) is 5.69 Å². The number of carbonyl (C=O) groups excluding carboxylic acids is 2. The lowest BCUT2D eigenvalue weighted by molar-refractivity contribution is 0.0949. The number of aromatic nitrogens is 1. The van der Waals surface area contributed by atoms with E-state index in [0.29, 0.717) is 21.9 Å². The Morgan fingerprint density at radius 3 is 2.72 bits per heavy atom. The SMILES string of the molecule is COc1ccncc1-c1ccc(C(=O)Nc2cc(C(=O)NC3CC3)ccc2C)s1. The van der Waals surface area contributed by atoms with Gasteiger partial charge in [-0.1, -0.05) is 6.07 Å². The van der Waals surface area contributed by atoms with Gasteiger partial charge in [-0.25, -0.2) is 0 Å². The van der Waals surface area contributed by atoms with Crippen molar-refractivity contribution in [2.24, 2.45) is 0 Å². The highest BCUT2D eigenvalue weighted by Gasteiger charge is 2.24. The number of aryl methyl sites for hydroxylation is 1. The van der Waals surface area contributed by atoms with Crippen molar-refractivity contribution < 1.29 is 14.3 Å². The van der Waals surface area contributed by atoms with Crippen LogP contribution < -0.4 is 15.4 Å². The zero-order valence-corrected chi connectivity index (χ0v) is 17.0. The van der Waals surface area contributed by atoms with Gasteiger partial charge in [0.25, 0.3) is 11.8 Å². The molecule has 3 aromatic rings. The van der Waals surface area contributed by atoms with E-state index in [1.807, 2.05) is 19.1 Å². The fraction of sp³-hybridized carbons (Fsp3) is 0.227. The molecule has 1 aromatic carbocycles. The minimum atomic E-state index is -0.216. The molecule has 0 unspecified atom stereocenters. The lowest BCUT2D eigenvalue weighted by Gasteiger charge is -2.10. The molecule has 148 valence electrons. The zero-order chi connectivity index (χ0) is 20.4. The van der Waals surface area contributed by atoms with Gasteiger partial charge in [0.1, 0.15) is 5.75 Å². The first-order chi connectivity index (χ1) is 14.0. The molecule has 7 heteroatoms. The summed E-state index contributed by atoms with van der Waals surface area (Å²) in [4.78, 5) is 30.7. The molecule has 2 amide bonds. The summed E-state index contributed by atoms with van der Waals surface area (Å²) in [5.41, 5.74) is 2.91. The van der Waals surface area contributed by atoms with Crippen LogP contribution in [0.3, 0.4) is 0 Å². The molecule has 1 fully saturated rings. The maximum atomic E-state index is 12.8. The van der Waals surface area contributed by atoms with E-state index in [1.54, 1.807) is 43.8 Å². The molecule has 4 rings (SSSR count). The maximum absolute atomic E-state index is 12.8. The van der Waals surface area contributed by atoms with Crippen molar-refractivity contribution in [1.82, 2.24) is 10.3 Å². The molecule has 2 N–H and O–H groups in total. The minimum absolute atomic E-state index is 0.106. The van der Waals surface area contributed by atoms with Crippen LogP contribution in [-0.2, 0) is 0 Å². The Morgan fingerprint density at radius 2 is 1.97 bits per heavy atom. The predicted molar refractivity (Wildman–Crippen MR) is 114 cm³/mol. The van der Waals surface area contributed by atoms with Gasteiger partial charge in [0.2, 0.25) is 0 Å². The molecule has 0 bridgehead atoms. The van der Waals surface area contributed by atoms with E-state index in [9.17, 15) is 9.59 Å². The van der Waals surface area contributed by atoms with E-state index >= 15 is 0 Å². The zero-order valence-electron chi connectivity index (χ0n) is 16.2. The average molecular weight is 407 g/mol. The number of benzene rings is 1. The van der Waals surface area contributed by atoms with Crippen molar-refractivity contribution in [3.8, 4) is 16.2 Å². The first-order valence-electron chi connectivity index (χ1n) is 9.36. The summed E-state index contributed by atoms with van der Waals surface area (Å²) < 4.78 is 5.38. The highest BCUT2D eigenvalue weighted by atomic mass is 32.1. The molecule has 2 aromatic heterocycles. The van der Waals surface area contributed by atoms with Crippen molar-refractivity contribution in [3.05, 3.63) is 64.8 Å². The molecule has 0 spiro atoms. The lowest BCUT2D eigenvalue weighted by atomic mass is 10.1. The molecular weight excluding hydrogens is 386 g/mol. The van der Waals surface area contributed by atoms with E-state index in [4.69, 9.17) is 4.74 Å². The summed E-state index contributed by atoms with van der Waals surface area (Å²) in [6.07, 6.45) is 5.45. The molecule has 6 nitrogen and oxygen atoms in total. The standard InChI is InChI=1S/C22H21N3O3S/c1-13-3-4-14(21(26)24-15-5-6-15)11-17(13)25-22(27)20-8-7-19(29-20)16-12-23-10-9-18(16)28-2/h3-4,7-12,15H,5-6H2,1-2H3,(H,24,26)(H,25,27). The molecule has 0 atom stereocenters. The second-order valence-electron chi connectivity index (χ2n) is 6.97. The molecule has 2 heterocycles. The number of nitrogens with one attached hydrogen (secondary N) is 2.